The summed E-state index contributed by atoms with van der Waals surface area (Å²) in [5, 5.41) is 2.28. The molecule has 0 saturated carbocycles. The molecule has 0 spiro atoms. The van der Waals surface area contributed by atoms with Gasteiger partial charge < -0.3 is 9.47 Å². The van der Waals surface area contributed by atoms with E-state index in [2.05, 4.69) is 26.7 Å². The van der Waals surface area contributed by atoms with Crippen LogP contribution in [0.4, 0.5) is 0 Å². The number of carbonyl (C=O) groups is 1. The fraction of sp³-hybridized carbons (Fsp3) is 0.267. The zero-order valence-electron chi connectivity index (χ0n) is 10.7. The van der Waals surface area contributed by atoms with Gasteiger partial charge in [0.1, 0.15) is 5.75 Å². The smallest absolute Gasteiger partial charge is 0.305 e. The summed E-state index contributed by atoms with van der Waals surface area (Å²) < 4.78 is 11.2. The molecule has 100 valence electrons. The summed E-state index contributed by atoms with van der Waals surface area (Å²) in [6, 6.07) is 12.1. The van der Waals surface area contributed by atoms with Crippen LogP contribution >= 0.6 is 15.9 Å². The van der Waals surface area contributed by atoms with E-state index in [1.807, 2.05) is 30.3 Å². The van der Waals surface area contributed by atoms with Crippen LogP contribution in [0.5, 0.6) is 5.75 Å². The SMILES string of the molecule is COC(=O)CCCOc1ccc2ccccc2c1Br. The lowest BCUT2D eigenvalue weighted by Crippen LogP contribution is -2.04. The minimum atomic E-state index is -0.207. The molecule has 0 unspecified atom stereocenters. The predicted molar refractivity (Wildman–Crippen MR) is 78.4 cm³/mol. The van der Waals surface area contributed by atoms with E-state index < -0.39 is 0 Å². The molecule has 0 atom stereocenters. The second-order valence-electron chi connectivity index (χ2n) is 4.13. The molecule has 2 aromatic carbocycles. The lowest BCUT2D eigenvalue weighted by atomic mass is 10.1. The Morgan fingerprint density at radius 1 is 1.21 bits per heavy atom. The Kier molecular flexibility index (Phi) is 4.80. The molecule has 0 bridgehead atoms. The summed E-state index contributed by atoms with van der Waals surface area (Å²) >= 11 is 3.56. The average molecular weight is 323 g/mol. The van der Waals surface area contributed by atoms with Gasteiger partial charge in [0.2, 0.25) is 0 Å². The number of ether oxygens (including phenoxy) is 2. The van der Waals surface area contributed by atoms with Gasteiger partial charge in [0.25, 0.3) is 0 Å². The van der Waals surface area contributed by atoms with E-state index in [-0.39, 0.29) is 5.97 Å². The van der Waals surface area contributed by atoms with Crippen LogP contribution in [0, 0.1) is 0 Å². The summed E-state index contributed by atoms with van der Waals surface area (Å²) in [5.41, 5.74) is 0. The standard InChI is InChI=1S/C15H15BrO3/c1-18-14(17)7-4-10-19-13-9-8-11-5-2-3-6-12(11)15(13)16/h2-3,5-6,8-9H,4,7,10H2,1H3. The number of esters is 1. The van der Waals surface area contributed by atoms with Crippen molar-refractivity contribution in [2.45, 2.75) is 12.8 Å². The number of benzene rings is 2. The molecule has 0 saturated heterocycles. The molecule has 0 aliphatic heterocycles. The van der Waals surface area contributed by atoms with E-state index in [9.17, 15) is 4.79 Å². The van der Waals surface area contributed by atoms with Gasteiger partial charge in [-0.1, -0.05) is 30.3 Å². The van der Waals surface area contributed by atoms with Gasteiger partial charge in [0.05, 0.1) is 18.2 Å². The maximum atomic E-state index is 11.0. The molecule has 19 heavy (non-hydrogen) atoms. The summed E-state index contributed by atoms with van der Waals surface area (Å²) in [6.07, 6.45) is 1.02. The number of hydrogen-bond acceptors (Lipinski definition) is 3. The molecule has 2 aromatic rings. The third kappa shape index (κ3) is 3.47. The minimum absolute atomic E-state index is 0.207. The third-order valence-electron chi connectivity index (χ3n) is 2.84. The zero-order chi connectivity index (χ0) is 13.7. The van der Waals surface area contributed by atoms with Gasteiger partial charge in [-0.3, -0.25) is 4.79 Å². The highest BCUT2D eigenvalue weighted by Crippen LogP contribution is 2.33. The fourth-order valence-corrected chi connectivity index (χ4v) is 2.43. The number of hydrogen-bond donors (Lipinski definition) is 0. The van der Waals surface area contributed by atoms with Gasteiger partial charge >= 0.3 is 5.97 Å². The predicted octanol–water partition coefficient (Wildman–Crippen LogP) is 3.93. The quantitative estimate of drug-likeness (QED) is 0.618. The summed E-state index contributed by atoms with van der Waals surface area (Å²) in [7, 11) is 1.39. The molecule has 0 amide bonds. The van der Waals surface area contributed by atoms with Crippen molar-refractivity contribution in [3.05, 3.63) is 40.9 Å². The summed E-state index contributed by atoms with van der Waals surface area (Å²) in [4.78, 5) is 11.0. The molecule has 0 heterocycles. The molecular formula is C15H15BrO3. The Hall–Kier alpha value is -1.55. The van der Waals surface area contributed by atoms with E-state index in [1.54, 1.807) is 0 Å². The minimum Gasteiger partial charge on any atom is -0.492 e. The maximum absolute atomic E-state index is 11.0. The maximum Gasteiger partial charge on any atom is 0.305 e. The molecule has 4 heteroatoms. The highest BCUT2D eigenvalue weighted by atomic mass is 79.9. The normalized spacial score (nSPS) is 10.4. The highest BCUT2D eigenvalue weighted by Gasteiger charge is 2.06. The van der Waals surface area contributed by atoms with Crippen molar-refractivity contribution in [3.8, 4) is 5.75 Å². The van der Waals surface area contributed by atoms with Crippen molar-refractivity contribution >= 4 is 32.7 Å². The third-order valence-corrected chi connectivity index (χ3v) is 3.66. The van der Waals surface area contributed by atoms with Crippen molar-refractivity contribution in [3.63, 3.8) is 0 Å². The van der Waals surface area contributed by atoms with Gasteiger partial charge in [-0.25, -0.2) is 0 Å². The van der Waals surface area contributed by atoms with E-state index in [0.29, 0.717) is 19.4 Å². The number of halogens is 1. The number of fused-ring (bicyclic) bond motifs is 1. The van der Waals surface area contributed by atoms with Crippen LogP contribution in [0.3, 0.4) is 0 Å². The molecule has 3 nitrogen and oxygen atoms in total. The lowest BCUT2D eigenvalue weighted by Gasteiger charge is -2.10. The second-order valence-corrected chi connectivity index (χ2v) is 4.92. The Morgan fingerprint density at radius 2 is 2.00 bits per heavy atom. The van der Waals surface area contributed by atoms with E-state index in [4.69, 9.17) is 4.74 Å². The Balaban J connectivity index is 2.01. The van der Waals surface area contributed by atoms with Crippen molar-refractivity contribution in [2.24, 2.45) is 0 Å². The van der Waals surface area contributed by atoms with Crippen molar-refractivity contribution in [1.82, 2.24) is 0 Å². The van der Waals surface area contributed by atoms with E-state index >= 15 is 0 Å². The van der Waals surface area contributed by atoms with Gasteiger partial charge in [-0.2, -0.15) is 0 Å². The van der Waals surface area contributed by atoms with E-state index in [0.717, 1.165) is 21.0 Å². The number of methoxy groups -OCH3 is 1. The van der Waals surface area contributed by atoms with Crippen molar-refractivity contribution in [2.75, 3.05) is 13.7 Å². The molecule has 0 aliphatic carbocycles. The van der Waals surface area contributed by atoms with Gasteiger partial charge in [0, 0.05) is 6.42 Å². The van der Waals surface area contributed by atoms with Crippen molar-refractivity contribution in [1.29, 1.82) is 0 Å². The Labute approximate surface area is 120 Å². The first kappa shape index (κ1) is 13.9. The van der Waals surface area contributed by atoms with Crippen LogP contribution in [0.2, 0.25) is 0 Å². The molecule has 2 rings (SSSR count). The Morgan fingerprint density at radius 3 is 2.79 bits per heavy atom. The molecule has 0 aliphatic rings. The molecule has 0 aromatic heterocycles. The van der Waals surface area contributed by atoms with Gasteiger partial charge in [-0.15, -0.1) is 0 Å². The first-order valence-corrected chi connectivity index (χ1v) is 6.88. The van der Waals surface area contributed by atoms with Crippen LogP contribution in [0.1, 0.15) is 12.8 Å². The monoisotopic (exact) mass is 322 g/mol. The van der Waals surface area contributed by atoms with Crippen LogP contribution in [-0.2, 0) is 9.53 Å². The largest absolute Gasteiger partial charge is 0.492 e. The zero-order valence-corrected chi connectivity index (χ0v) is 12.3. The van der Waals surface area contributed by atoms with Crippen molar-refractivity contribution < 1.29 is 14.3 Å². The summed E-state index contributed by atoms with van der Waals surface area (Å²) in [6.45, 7) is 0.492. The van der Waals surface area contributed by atoms with Crippen LogP contribution < -0.4 is 4.74 Å². The molecule has 0 radical (unpaired) electrons. The van der Waals surface area contributed by atoms with Crippen LogP contribution in [-0.4, -0.2) is 19.7 Å². The topological polar surface area (TPSA) is 35.5 Å². The van der Waals surface area contributed by atoms with E-state index in [1.165, 1.54) is 7.11 Å². The van der Waals surface area contributed by atoms with Gasteiger partial charge in [0.15, 0.2) is 0 Å². The second kappa shape index (κ2) is 6.57. The highest BCUT2D eigenvalue weighted by molar-refractivity contribution is 9.10. The number of carbonyl (C=O) groups excluding carboxylic acids is 1. The molecule has 0 N–H and O–H groups in total. The Bertz CT molecular complexity index is 581. The lowest BCUT2D eigenvalue weighted by molar-refractivity contribution is -0.140. The molecular weight excluding hydrogens is 308 g/mol. The molecule has 0 fully saturated rings. The first-order chi connectivity index (χ1) is 9.22. The first-order valence-electron chi connectivity index (χ1n) is 6.09. The summed E-state index contributed by atoms with van der Waals surface area (Å²) in [5.74, 6) is 0.588. The van der Waals surface area contributed by atoms with Gasteiger partial charge in [-0.05, 0) is 39.2 Å². The van der Waals surface area contributed by atoms with Crippen LogP contribution in [0.15, 0.2) is 40.9 Å². The fourth-order valence-electron chi connectivity index (χ4n) is 1.83. The number of rotatable bonds is 5. The van der Waals surface area contributed by atoms with Crippen LogP contribution in [0.25, 0.3) is 10.8 Å². The average Bonchev–Trinajstić information content (AvgIpc) is 2.45.